The SMILES string of the molecule is C=C(C)C(=O)O.[Cr+3].[O-]Cl.[O-]Cl.[O-]Cl. The van der Waals surface area contributed by atoms with Crippen LogP contribution in [0.5, 0.6) is 0 Å². The zero-order valence-electron chi connectivity index (χ0n) is 6.33. The fourth-order valence-electron chi connectivity index (χ4n) is 0. The molecule has 0 fully saturated rings. The molecule has 0 aromatic carbocycles. The first-order valence-electron chi connectivity index (χ1n) is 1.99. The largest absolute Gasteiger partial charge is 3.00 e. The van der Waals surface area contributed by atoms with Crippen molar-refractivity contribution in [2.45, 2.75) is 6.92 Å². The van der Waals surface area contributed by atoms with Crippen LogP contribution >= 0.6 is 35.6 Å². The summed E-state index contributed by atoms with van der Waals surface area (Å²) in [6.45, 7) is 4.60. The summed E-state index contributed by atoms with van der Waals surface area (Å²) in [7, 11) is 0. The molecule has 13 heavy (non-hydrogen) atoms. The van der Waals surface area contributed by atoms with Crippen molar-refractivity contribution in [2.75, 3.05) is 0 Å². The first-order chi connectivity index (χ1) is 5.64. The maximum absolute atomic E-state index is 9.60. The minimum Gasteiger partial charge on any atom is -0.769 e. The normalized spacial score (nSPS) is 4.85. The number of carboxylic acids is 1. The molecule has 0 aromatic heterocycles. The summed E-state index contributed by atoms with van der Waals surface area (Å²) >= 11 is 10.2. The van der Waals surface area contributed by atoms with Gasteiger partial charge in [0.25, 0.3) is 0 Å². The van der Waals surface area contributed by atoms with Gasteiger partial charge < -0.3 is 19.1 Å². The second kappa shape index (κ2) is 39.1. The van der Waals surface area contributed by atoms with Crippen molar-refractivity contribution in [3.8, 4) is 0 Å². The predicted molar refractivity (Wildman–Crippen MR) is 40.0 cm³/mol. The van der Waals surface area contributed by atoms with Crippen molar-refractivity contribution in [3.05, 3.63) is 12.2 Å². The van der Waals surface area contributed by atoms with E-state index in [0.29, 0.717) is 0 Å². The fourth-order valence-corrected chi connectivity index (χ4v) is 0. The molecule has 0 heterocycles. The Bertz CT molecular complexity index is 89.8. The molecule has 0 aliphatic carbocycles. The molecule has 0 atom stereocenters. The molecule has 0 saturated heterocycles. The number of halogens is 3. The van der Waals surface area contributed by atoms with Crippen molar-refractivity contribution in [1.82, 2.24) is 0 Å². The van der Waals surface area contributed by atoms with Gasteiger partial charge in [-0.3, -0.25) is 0 Å². The summed E-state index contributed by atoms with van der Waals surface area (Å²) in [6, 6.07) is 0. The van der Waals surface area contributed by atoms with Crippen LogP contribution in [0, 0.1) is 0 Å². The van der Waals surface area contributed by atoms with E-state index in [-0.39, 0.29) is 22.9 Å². The van der Waals surface area contributed by atoms with Gasteiger partial charge >= 0.3 is 23.3 Å². The molecular formula is C4H6Cl3CrO5. The van der Waals surface area contributed by atoms with E-state index in [4.69, 9.17) is 19.1 Å². The standard InChI is InChI=1S/C4H6O2.3ClO.Cr/c1-3(2)4(5)6;3*1-2;/h1H2,2H3,(H,5,6);;;;/q;3*-1;+3. The average molecular weight is 292 g/mol. The van der Waals surface area contributed by atoms with E-state index in [0.717, 1.165) is 0 Å². The van der Waals surface area contributed by atoms with Gasteiger partial charge in [0.1, 0.15) is 0 Å². The molecule has 0 spiro atoms. The van der Waals surface area contributed by atoms with Gasteiger partial charge in [-0.2, -0.15) is 0 Å². The van der Waals surface area contributed by atoms with Gasteiger partial charge in [0.2, 0.25) is 0 Å². The molecule has 9 heteroatoms. The van der Waals surface area contributed by atoms with Crippen molar-refractivity contribution in [1.29, 1.82) is 0 Å². The van der Waals surface area contributed by atoms with Gasteiger partial charge in [-0.15, -0.1) is 0 Å². The van der Waals surface area contributed by atoms with Crippen molar-refractivity contribution in [2.24, 2.45) is 0 Å². The van der Waals surface area contributed by atoms with Gasteiger partial charge in [-0.1, -0.05) is 6.58 Å². The molecule has 0 bridgehead atoms. The Balaban J connectivity index is -0.0000000263. The van der Waals surface area contributed by atoms with Crippen molar-refractivity contribution < 1.29 is 41.2 Å². The number of carbonyl (C=O) groups is 1. The third kappa shape index (κ3) is 68.1. The second-order valence-corrected chi connectivity index (χ2v) is 1.09. The zero-order valence-corrected chi connectivity index (χ0v) is 9.87. The van der Waals surface area contributed by atoms with Gasteiger partial charge in [-0.25, -0.2) is 40.4 Å². The first kappa shape index (κ1) is 29.2. The fraction of sp³-hybridized carbons (Fsp3) is 0.250. The maximum atomic E-state index is 9.60. The van der Waals surface area contributed by atoms with E-state index in [9.17, 15) is 4.79 Å². The molecule has 1 radical (unpaired) electrons. The molecule has 5 nitrogen and oxygen atoms in total. The first-order valence-corrected chi connectivity index (χ1v) is 2.92. The Morgan fingerprint density at radius 1 is 1.15 bits per heavy atom. The Morgan fingerprint density at radius 2 is 1.23 bits per heavy atom. The summed E-state index contributed by atoms with van der Waals surface area (Å²) in [5.74, 6) is -0.935. The maximum Gasteiger partial charge on any atom is 3.00 e. The summed E-state index contributed by atoms with van der Waals surface area (Å²) < 4.78 is 23.2. The average Bonchev–Trinajstić information content (AvgIpc) is 2.14. The predicted octanol–water partition coefficient (Wildman–Crippen LogP) is -0.854. The molecule has 0 unspecified atom stereocenters. The van der Waals surface area contributed by atoms with E-state index in [2.05, 4.69) is 42.2 Å². The third-order valence-electron chi connectivity index (χ3n) is 0.365. The molecule has 0 aliphatic heterocycles. The number of hydrogen-bond donors (Lipinski definition) is 1. The molecule has 0 saturated carbocycles. The van der Waals surface area contributed by atoms with Gasteiger partial charge in [0.15, 0.2) is 0 Å². The Kier molecular flexibility index (Phi) is 87.9. The summed E-state index contributed by atoms with van der Waals surface area (Å²) in [5.41, 5.74) is 0.176. The minimum atomic E-state index is -0.935. The van der Waals surface area contributed by atoms with Crippen molar-refractivity contribution >= 4 is 41.6 Å². The quantitative estimate of drug-likeness (QED) is 0.633. The van der Waals surface area contributed by atoms with Crippen LogP contribution in [0.15, 0.2) is 12.2 Å². The molecule has 0 aromatic rings. The molecule has 1 N–H and O–H groups in total. The Labute approximate surface area is 102 Å². The summed E-state index contributed by atoms with van der Waals surface area (Å²) in [6.07, 6.45) is 0. The van der Waals surface area contributed by atoms with Gasteiger partial charge in [0.05, 0.1) is 0 Å². The van der Waals surface area contributed by atoms with Crippen LogP contribution in [-0.2, 0) is 22.2 Å². The van der Waals surface area contributed by atoms with Gasteiger partial charge in [-0.05, 0) is 6.92 Å². The van der Waals surface area contributed by atoms with Crippen LogP contribution in [0.2, 0.25) is 0 Å². The third-order valence-corrected chi connectivity index (χ3v) is 0.365. The molecule has 0 aliphatic rings. The second-order valence-electron chi connectivity index (χ2n) is 1.09. The van der Waals surface area contributed by atoms with Crippen LogP contribution in [-0.4, -0.2) is 11.1 Å². The van der Waals surface area contributed by atoms with E-state index >= 15 is 0 Å². The topological polar surface area (TPSA) is 106 Å². The van der Waals surface area contributed by atoms with E-state index in [1.54, 1.807) is 0 Å². The van der Waals surface area contributed by atoms with Crippen LogP contribution in [0.3, 0.4) is 0 Å². The van der Waals surface area contributed by atoms with Crippen LogP contribution < -0.4 is 14.0 Å². The van der Waals surface area contributed by atoms with E-state index in [1.165, 1.54) is 6.92 Å². The molecule has 0 amide bonds. The summed E-state index contributed by atoms with van der Waals surface area (Å²) in [5, 5.41) is 7.89. The van der Waals surface area contributed by atoms with E-state index in [1.807, 2.05) is 0 Å². The molecular weight excluding hydrogens is 286 g/mol. The smallest absolute Gasteiger partial charge is 0.769 e. The molecule has 0 rings (SSSR count). The minimum absolute atomic E-state index is 0. The number of carboxylic acid groups (broad SMARTS) is 1. The Morgan fingerprint density at radius 3 is 1.23 bits per heavy atom. The summed E-state index contributed by atoms with van der Waals surface area (Å²) in [4.78, 5) is 9.60. The van der Waals surface area contributed by atoms with E-state index < -0.39 is 5.97 Å². The number of rotatable bonds is 1. The monoisotopic (exact) mass is 291 g/mol. The Hall–Kier alpha value is 0.492. The van der Waals surface area contributed by atoms with Crippen LogP contribution in [0.25, 0.3) is 0 Å². The number of hydrogen-bond acceptors (Lipinski definition) is 4. The van der Waals surface area contributed by atoms with Crippen LogP contribution in [0.1, 0.15) is 6.92 Å². The van der Waals surface area contributed by atoms with Crippen LogP contribution in [0.4, 0.5) is 0 Å². The number of aliphatic carboxylic acids is 1. The zero-order chi connectivity index (χ0) is 11.2. The molecule has 79 valence electrons. The van der Waals surface area contributed by atoms with Crippen molar-refractivity contribution in [3.63, 3.8) is 0 Å². The van der Waals surface area contributed by atoms with Gasteiger partial charge in [0, 0.05) is 5.57 Å².